The van der Waals surface area contributed by atoms with Gasteiger partial charge in [-0.25, -0.2) is 0 Å². The molecule has 0 radical (unpaired) electrons. The third-order valence-corrected chi connectivity index (χ3v) is 4.73. The second-order valence-electron chi connectivity index (χ2n) is 7.20. The lowest BCUT2D eigenvalue weighted by atomic mass is 9.94. The van der Waals surface area contributed by atoms with E-state index in [9.17, 15) is 10.2 Å². The first-order chi connectivity index (χ1) is 12.8. The van der Waals surface area contributed by atoms with Gasteiger partial charge in [0.1, 0.15) is 11.5 Å². The Morgan fingerprint density at radius 1 is 0.963 bits per heavy atom. The molecule has 5 nitrogen and oxygen atoms in total. The molecule has 0 heterocycles. The summed E-state index contributed by atoms with van der Waals surface area (Å²) >= 11 is 0. The first-order valence-electron chi connectivity index (χ1n) is 9.61. The van der Waals surface area contributed by atoms with Crippen LogP contribution in [0.5, 0.6) is 11.5 Å². The molecule has 0 aromatic heterocycles. The van der Waals surface area contributed by atoms with Crippen LogP contribution in [0.25, 0.3) is 0 Å². The molecule has 150 valence electrons. The van der Waals surface area contributed by atoms with E-state index in [0.29, 0.717) is 11.5 Å². The minimum absolute atomic E-state index is 0.0596. The predicted molar refractivity (Wildman–Crippen MR) is 114 cm³/mol. The summed E-state index contributed by atoms with van der Waals surface area (Å²) in [5.74, 6) is 1.13. The Hall–Kier alpha value is -2.24. The molecule has 0 aliphatic carbocycles. The van der Waals surface area contributed by atoms with Gasteiger partial charge in [-0.15, -0.1) is 0 Å². The van der Waals surface area contributed by atoms with Gasteiger partial charge in [-0.1, -0.05) is 39.3 Å². The van der Waals surface area contributed by atoms with Crippen LogP contribution in [0.3, 0.4) is 0 Å². The number of phenols is 2. The number of rotatable bonds is 7. The van der Waals surface area contributed by atoms with Gasteiger partial charge in [-0.05, 0) is 60.5 Å². The van der Waals surface area contributed by atoms with Crippen LogP contribution in [0.1, 0.15) is 56.2 Å². The van der Waals surface area contributed by atoms with Crippen molar-refractivity contribution in [3.63, 3.8) is 0 Å². The molecule has 0 bridgehead atoms. The molecule has 0 amide bonds. The zero-order chi connectivity index (χ0) is 20.4. The van der Waals surface area contributed by atoms with Gasteiger partial charge in [0, 0.05) is 23.9 Å². The summed E-state index contributed by atoms with van der Waals surface area (Å²) in [5.41, 5.74) is 20.3. The first-order valence-corrected chi connectivity index (χ1v) is 9.61. The van der Waals surface area contributed by atoms with Gasteiger partial charge >= 0.3 is 0 Å². The van der Waals surface area contributed by atoms with Gasteiger partial charge in [0.2, 0.25) is 0 Å². The normalized spacial score (nSPS) is 11.8. The van der Waals surface area contributed by atoms with Crippen LogP contribution in [0, 0.1) is 5.92 Å². The van der Waals surface area contributed by atoms with Crippen molar-refractivity contribution in [2.24, 2.45) is 17.4 Å². The highest BCUT2D eigenvalue weighted by Gasteiger charge is 2.10. The highest BCUT2D eigenvalue weighted by Crippen LogP contribution is 2.31. The van der Waals surface area contributed by atoms with Gasteiger partial charge in [-0.2, -0.15) is 0 Å². The molecular weight excluding hydrogens is 338 g/mol. The summed E-state index contributed by atoms with van der Waals surface area (Å²) in [6, 6.07) is 11.2. The average Bonchev–Trinajstić information content (AvgIpc) is 2.63. The van der Waals surface area contributed by atoms with Crippen LogP contribution in [-0.2, 0) is 13.0 Å². The second kappa shape index (κ2) is 11.5. The van der Waals surface area contributed by atoms with Crippen molar-refractivity contribution in [3.05, 3.63) is 53.1 Å². The monoisotopic (exact) mass is 373 g/mol. The van der Waals surface area contributed by atoms with Crippen molar-refractivity contribution in [2.75, 3.05) is 12.3 Å². The number of phenolic OH excluding ortho intramolecular Hbond substituents is 2. The fourth-order valence-electron chi connectivity index (χ4n) is 2.94. The number of benzene rings is 2. The van der Waals surface area contributed by atoms with Crippen LogP contribution < -0.4 is 17.2 Å². The molecule has 0 fully saturated rings. The third-order valence-electron chi connectivity index (χ3n) is 4.73. The van der Waals surface area contributed by atoms with Crippen molar-refractivity contribution in [1.82, 2.24) is 0 Å². The highest BCUT2D eigenvalue weighted by atomic mass is 16.3. The van der Waals surface area contributed by atoms with E-state index in [1.807, 2.05) is 26.0 Å². The van der Waals surface area contributed by atoms with Crippen LogP contribution in [0.15, 0.2) is 36.4 Å². The molecule has 2 aromatic carbocycles. The first kappa shape index (κ1) is 22.8. The summed E-state index contributed by atoms with van der Waals surface area (Å²) < 4.78 is 0. The Balaban J connectivity index is 0.000000271. The van der Waals surface area contributed by atoms with Crippen molar-refractivity contribution >= 4 is 5.69 Å². The van der Waals surface area contributed by atoms with Gasteiger partial charge in [-0.3, -0.25) is 0 Å². The molecule has 0 saturated heterocycles. The van der Waals surface area contributed by atoms with E-state index in [1.54, 1.807) is 6.07 Å². The van der Waals surface area contributed by atoms with E-state index < -0.39 is 0 Å². The van der Waals surface area contributed by atoms with E-state index in [2.05, 4.69) is 19.1 Å². The molecule has 2 aromatic rings. The van der Waals surface area contributed by atoms with Crippen LogP contribution in [-0.4, -0.2) is 16.8 Å². The van der Waals surface area contributed by atoms with Crippen molar-refractivity contribution in [1.29, 1.82) is 0 Å². The zero-order valence-electron chi connectivity index (χ0n) is 16.8. The van der Waals surface area contributed by atoms with E-state index in [-0.39, 0.29) is 24.0 Å². The molecule has 0 aliphatic heterocycles. The summed E-state index contributed by atoms with van der Waals surface area (Å²) in [6.45, 7) is 7.25. The summed E-state index contributed by atoms with van der Waals surface area (Å²) in [5, 5.41) is 18.8. The maximum Gasteiger partial charge on any atom is 0.123 e. The maximum absolute atomic E-state index is 9.48. The smallest absolute Gasteiger partial charge is 0.123 e. The van der Waals surface area contributed by atoms with Crippen LogP contribution in [0.2, 0.25) is 0 Å². The summed E-state index contributed by atoms with van der Waals surface area (Å²) in [6.07, 6.45) is 3.43. The number of hydrogen-bond donors (Lipinski definition) is 5. The molecule has 5 heteroatoms. The quantitative estimate of drug-likeness (QED) is 0.472. The maximum atomic E-state index is 9.48. The van der Waals surface area contributed by atoms with Gasteiger partial charge in [0.25, 0.3) is 0 Å². The predicted octanol–water partition coefficient (Wildman–Crippen LogP) is 3.87. The standard InChI is InChI=1S/C12H20N2.C10H15NO2/c1-2-10(7-8-13)9-11-3-5-12(14)6-4-11;1-6(2)8-3-7(5-11)9(12)4-10(8)13/h3-6,10H,2,7-9,13-14H2,1H3;3-4,6,12-13H,5,11H2,1-2H3. The molecule has 0 saturated carbocycles. The van der Waals surface area contributed by atoms with E-state index >= 15 is 0 Å². The van der Waals surface area contributed by atoms with E-state index in [1.165, 1.54) is 18.1 Å². The number of anilines is 1. The zero-order valence-corrected chi connectivity index (χ0v) is 16.8. The third kappa shape index (κ3) is 7.49. The Morgan fingerprint density at radius 2 is 1.59 bits per heavy atom. The van der Waals surface area contributed by atoms with Gasteiger partial charge in [0.15, 0.2) is 0 Å². The SMILES string of the molecule is CC(C)c1cc(CN)c(O)cc1O.CCC(CCN)Cc1ccc(N)cc1. The fourth-order valence-corrected chi connectivity index (χ4v) is 2.94. The lowest BCUT2D eigenvalue weighted by Gasteiger charge is -2.13. The fraction of sp³-hybridized carbons (Fsp3) is 0.455. The molecule has 2 rings (SSSR count). The molecule has 1 unspecified atom stereocenters. The summed E-state index contributed by atoms with van der Waals surface area (Å²) in [7, 11) is 0. The molecule has 1 atom stereocenters. The largest absolute Gasteiger partial charge is 0.508 e. The average molecular weight is 374 g/mol. The van der Waals surface area contributed by atoms with Crippen LogP contribution >= 0.6 is 0 Å². The molecule has 8 N–H and O–H groups in total. The van der Waals surface area contributed by atoms with Gasteiger partial charge in [0.05, 0.1) is 0 Å². The highest BCUT2D eigenvalue weighted by molar-refractivity contribution is 5.46. The number of aromatic hydroxyl groups is 2. The van der Waals surface area contributed by atoms with E-state index in [4.69, 9.17) is 17.2 Å². The number of hydrogen-bond acceptors (Lipinski definition) is 5. The molecule has 0 spiro atoms. The second-order valence-corrected chi connectivity index (χ2v) is 7.20. The molecule has 0 aliphatic rings. The topological polar surface area (TPSA) is 119 Å². The van der Waals surface area contributed by atoms with E-state index in [0.717, 1.165) is 30.6 Å². The number of nitrogen functional groups attached to an aromatic ring is 1. The summed E-state index contributed by atoms with van der Waals surface area (Å²) in [4.78, 5) is 0. The minimum atomic E-state index is 0.0596. The lowest BCUT2D eigenvalue weighted by Crippen LogP contribution is -2.10. The van der Waals surface area contributed by atoms with Crippen LogP contribution in [0.4, 0.5) is 5.69 Å². The van der Waals surface area contributed by atoms with Crippen molar-refractivity contribution in [2.45, 2.75) is 52.5 Å². The molecule has 27 heavy (non-hydrogen) atoms. The van der Waals surface area contributed by atoms with Crippen molar-refractivity contribution in [3.8, 4) is 11.5 Å². The van der Waals surface area contributed by atoms with Crippen molar-refractivity contribution < 1.29 is 10.2 Å². The number of nitrogens with two attached hydrogens (primary N) is 3. The Bertz CT molecular complexity index is 685. The van der Waals surface area contributed by atoms with Gasteiger partial charge < -0.3 is 27.4 Å². The Labute approximate surface area is 163 Å². The Kier molecular flexibility index (Phi) is 9.68. The molecular formula is C22H35N3O2. The lowest BCUT2D eigenvalue weighted by molar-refractivity contribution is 0.440. The Morgan fingerprint density at radius 3 is 2.07 bits per heavy atom. The minimum Gasteiger partial charge on any atom is -0.508 e.